The Morgan fingerprint density at radius 2 is 1.72 bits per heavy atom. The first-order valence-electron chi connectivity index (χ1n) is 8.37. The lowest BCUT2D eigenvalue weighted by atomic mass is 10.1. The Balaban J connectivity index is 2.04. The molecule has 2 aromatic heterocycles. The van der Waals surface area contributed by atoms with E-state index in [1.807, 2.05) is 0 Å². The van der Waals surface area contributed by atoms with Gasteiger partial charge in [0, 0.05) is 20.8 Å². The molecule has 1 fully saturated rings. The van der Waals surface area contributed by atoms with Gasteiger partial charge in [-0.15, -0.1) is 0 Å². The van der Waals surface area contributed by atoms with Crippen molar-refractivity contribution in [3.05, 3.63) is 16.6 Å². The lowest BCUT2D eigenvalue weighted by Crippen LogP contribution is -2.40. The first-order valence-corrected chi connectivity index (χ1v) is 9.12. The van der Waals surface area contributed by atoms with Crippen LogP contribution in [-0.4, -0.2) is 62.6 Å². The van der Waals surface area contributed by atoms with Crippen molar-refractivity contribution in [2.45, 2.75) is 45.3 Å². The van der Waals surface area contributed by atoms with Crippen LogP contribution in [0.25, 0.3) is 11.0 Å². The van der Waals surface area contributed by atoms with Gasteiger partial charge >= 0.3 is 17.9 Å². The molecular weight excluding hydrogens is 431 g/mol. The van der Waals surface area contributed by atoms with E-state index in [0.29, 0.717) is 5.39 Å². The third-order valence-corrected chi connectivity index (χ3v) is 4.42. The Bertz CT molecular complexity index is 966. The van der Waals surface area contributed by atoms with Crippen molar-refractivity contribution in [3.8, 4) is 0 Å². The smallest absolute Gasteiger partial charge is 0.303 e. The van der Waals surface area contributed by atoms with Crippen molar-refractivity contribution >= 4 is 52.1 Å². The van der Waals surface area contributed by atoms with Gasteiger partial charge in [-0.05, 0) is 11.6 Å². The predicted octanol–water partition coefficient (Wildman–Crippen LogP) is 1.46. The minimum atomic E-state index is -1.10. The van der Waals surface area contributed by atoms with Crippen LogP contribution in [0.4, 0.5) is 0 Å². The van der Waals surface area contributed by atoms with E-state index in [9.17, 15) is 14.4 Å². The third kappa shape index (κ3) is 4.57. The van der Waals surface area contributed by atoms with Crippen molar-refractivity contribution in [1.82, 2.24) is 19.7 Å². The molecule has 0 saturated carbocycles. The Hall–Kier alpha value is -2.50. The number of esters is 3. The molecule has 0 radical (unpaired) electrons. The predicted molar refractivity (Wildman–Crippen MR) is 97.0 cm³/mol. The van der Waals surface area contributed by atoms with Crippen molar-refractivity contribution in [1.29, 1.82) is 0 Å². The van der Waals surface area contributed by atoms with Gasteiger partial charge in [0.25, 0.3) is 0 Å². The Morgan fingerprint density at radius 1 is 1.07 bits per heavy atom. The molecule has 0 aromatic carbocycles. The zero-order chi connectivity index (χ0) is 21.3. The third-order valence-electron chi connectivity index (χ3n) is 3.96. The van der Waals surface area contributed by atoms with Crippen LogP contribution in [0.1, 0.15) is 27.0 Å². The fourth-order valence-electron chi connectivity index (χ4n) is 2.94. The van der Waals surface area contributed by atoms with Crippen molar-refractivity contribution in [3.63, 3.8) is 0 Å². The summed E-state index contributed by atoms with van der Waals surface area (Å²) in [7, 11) is 0. The van der Waals surface area contributed by atoms with Gasteiger partial charge < -0.3 is 18.9 Å². The Labute approximate surface area is 174 Å². The van der Waals surface area contributed by atoms with Crippen LogP contribution in [0, 0.1) is 0 Å². The second-order valence-electron chi connectivity index (χ2n) is 6.13. The standard InChI is InChI=1S/C16H16Cl2N4O7/c1-6(23)26-5-10-11(27-7(2)24)12(28-8(3)25)15(29-10)22-14-9(4-19-22)13(17)20-16(18)21-14/h4,10-12,15H,5H2,1-3H3/t10-,11?,12+,15-/m1/s1. The van der Waals surface area contributed by atoms with E-state index in [-0.39, 0.29) is 22.7 Å². The van der Waals surface area contributed by atoms with Crippen LogP contribution < -0.4 is 0 Å². The lowest BCUT2D eigenvalue weighted by Gasteiger charge is -2.23. The molecule has 4 atom stereocenters. The van der Waals surface area contributed by atoms with Gasteiger partial charge in [0.05, 0.1) is 11.6 Å². The Morgan fingerprint density at radius 3 is 2.34 bits per heavy atom. The monoisotopic (exact) mass is 446 g/mol. The maximum atomic E-state index is 11.7. The van der Waals surface area contributed by atoms with E-state index in [1.165, 1.54) is 31.6 Å². The van der Waals surface area contributed by atoms with Crippen LogP contribution in [-0.2, 0) is 33.3 Å². The molecule has 1 unspecified atom stereocenters. The van der Waals surface area contributed by atoms with Gasteiger partial charge in [0.1, 0.15) is 17.9 Å². The SMILES string of the molecule is CC(=O)OC[C@H]1O[C@@H](n2ncc3c(Cl)nc(Cl)nc32)[C@@H](OC(C)=O)C1OC(C)=O. The number of rotatable bonds is 5. The van der Waals surface area contributed by atoms with Crippen LogP contribution >= 0.6 is 23.2 Å². The molecule has 11 nitrogen and oxygen atoms in total. The molecule has 0 aliphatic carbocycles. The largest absolute Gasteiger partial charge is 0.463 e. The molecule has 13 heteroatoms. The summed E-state index contributed by atoms with van der Waals surface area (Å²) in [6, 6.07) is 0. The van der Waals surface area contributed by atoms with E-state index in [0.717, 1.165) is 0 Å². The van der Waals surface area contributed by atoms with Crippen molar-refractivity contribution in [2.24, 2.45) is 0 Å². The van der Waals surface area contributed by atoms with Crippen molar-refractivity contribution < 1.29 is 33.3 Å². The van der Waals surface area contributed by atoms with Gasteiger partial charge in [-0.1, -0.05) is 11.6 Å². The summed E-state index contributed by atoms with van der Waals surface area (Å²) in [5, 5.41) is 4.51. The number of fused-ring (bicyclic) bond motifs is 1. The van der Waals surface area contributed by atoms with Crippen LogP contribution in [0.3, 0.4) is 0 Å². The number of carbonyl (C=O) groups excluding carboxylic acids is 3. The highest BCUT2D eigenvalue weighted by molar-refractivity contribution is 6.35. The minimum Gasteiger partial charge on any atom is -0.463 e. The van der Waals surface area contributed by atoms with Gasteiger partial charge in [0.2, 0.25) is 5.28 Å². The summed E-state index contributed by atoms with van der Waals surface area (Å²) in [6.45, 7) is 3.37. The zero-order valence-corrected chi connectivity index (χ0v) is 17.0. The van der Waals surface area contributed by atoms with Gasteiger partial charge in [0.15, 0.2) is 24.1 Å². The summed E-state index contributed by atoms with van der Waals surface area (Å²) in [6.07, 6.45) is -2.77. The number of carbonyl (C=O) groups is 3. The summed E-state index contributed by atoms with van der Waals surface area (Å²) in [5.74, 6) is -1.84. The first-order chi connectivity index (χ1) is 13.7. The molecule has 3 rings (SSSR count). The number of aromatic nitrogens is 4. The van der Waals surface area contributed by atoms with Gasteiger partial charge in [-0.3, -0.25) is 14.4 Å². The molecule has 0 N–H and O–H groups in total. The van der Waals surface area contributed by atoms with Gasteiger partial charge in [-0.25, -0.2) is 9.67 Å². The topological polar surface area (TPSA) is 132 Å². The summed E-state index contributed by atoms with van der Waals surface area (Å²) in [5.41, 5.74) is 0.215. The number of halogens is 2. The quantitative estimate of drug-likeness (QED) is 0.287. The average Bonchev–Trinajstić information content (AvgIpc) is 3.15. The normalized spacial score (nSPS) is 23.8. The highest BCUT2D eigenvalue weighted by atomic mass is 35.5. The second-order valence-corrected chi connectivity index (χ2v) is 6.82. The first kappa shape index (κ1) is 21.2. The molecule has 3 heterocycles. The number of ether oxygens (including phenoxy) is 4. The molecule has 1 aliphatic heterocycles. The number of hydrogen-bond donors (Lipinski definition) is 0. The minimum absolute atomic E-state index is 0.0706. The van der Waals surface area contributed by atoms with E-state index < -0.39 is 42.4 Å². The second kappa shape index (κ2) is 8.47. The summed E-state index contributed by atoms with van der Waals surface area (Å²) < 4.78 is 22.8. The lowest BCUT2D eigenvalue weighted by molar-refractivity contribution is -0.166. The molecule has 0 amide bonds. The van der Waals surface area contributed by atoms with E-state index in [1.54, 1.807) is 0 Å². The molecule has 29 heavy (non-hydrogen) atoms. The van der Waals surface area contributed by atoms with E-state index in [2.05, 4.69) is 15.1 Å². The van der Waals surface area contributed by atoms with E-state index >= 15 is 0 Å². The number of nitrogens with zero attached hydrogens (tertiary/aromatic N) is 4. The van der Waals surface area contributed by atoms with E-state index in [4.69, 9.17) is 42.1 Å². The maximum absolute atomic E-state index is 11.7. The zero-order valence-electron chi connectivity index (χ0n) is 15.5. The fourth-order valence-corrected chi connectivity index (χ4v) is 3.36. The molecule has 0 spiro atoms. The summed E-state index contributed by atoms with van der Waals surface area (Å²) in [4.78, 5) is 42.4. The van der Waals surface area contributed by atoms with Crippen LogP contribution in [0.15, 0.2) is 6.20 Å². The fraction of sp³-hybridized carbons (Fsp3) is 0.500. The maximum Gasteiger partial charge on any atom is 0.303 e. The molecular formula is C16H16Cl2N4O7. The molecule has 0 bridgehead atoms. The van der Waals surface area contributed by atoms with Crippen molar-refractivity contribution in [2.75, 3.05) is 6.61 Å². The molecule has 2 aromatic rings. The Kier molecular flexibility index (Phi) is 6.20. The highest BCUT2D eigenvalue weighted by Gasteiger charge is 2.51. The number of hydrogen-bond acceptors (Lipinski definition) is 10. The summed E-state index contributed by atoms with van der Waals surface area (Å²) >= 11 is 12.0. The highest BCUT2D eigenvalue weighted by Crippen LogP contribution is 2.36. The van der Waals surface area contributed by atoms with Crippen LogP contribution in [0.5, 0.6) is 0 Å². The average molecular weight is 447 g/mol. The molecule has 1 saturated heterocycles. The van der Waals surface area contributed by atoms with Gasteiger partial charge in [-0.2, -0.15) is 10.1 Å². The molecule has 156 valence electrons. The van der Waals surface area contributed by atoms with Crippen LogP contribution in [0.2, 0.25) is 10.4 Å². The molecule has 1 aliphatic rings.